The van der Waals surface area contributed by atoms with Crippen molar-refractivity contribution in [3.05, 3.63) is 48.0 Å². The van der Waals surface area contributed by atoms with E-state index in [9.17, 15) is 5.11 Å². The second-order valence-corrected chi connectivity index (χ2v) is 7.20. The number of aliphatic hydroxyl groups excluding tert-OH is 1. The Hall–Kier alpha value is -1.84. The third-order valence-electron chi connectivity index (χ3n) is 5.68. The summed E-state index contributed by atoms with van der Waals surface area (Å²) >= 11 is 0. The minimum atomic E-state index is 0.340. The largest absolute Gasteiger partial charge is 0.396 e. The van der Waals surface area contributed by atoms with Crippen LogP contribution in [-0.4, -0.2) is 34.3 Å². The Bertz CT molecular complexity index is 861. The van der Waals surface area contributed by atoms with Crippen molar-refractivity contribution in [2.45, 2.75) is 38.9 Å². The maximum Gasteiger partial charge on any atom is 0.0491 e. The van der Waals surface area contributed by atoms with Crippen molar-refractivity contribution >= 4 is 21.8 Å². The van der Waals surface area contributed by atoms with Crippen molar-refractivity contribution < 1.29 is 5.11 Å². The van der Waals surface area contributed by atoms with Gasteiger partial charge in [-0.15, -0.1) is 0 Å². The Morgan fingerprint density at radius 2 is 1.83 bits per heavy atom. The van der Waals surface area contributed by atoms with Gasteiger partial charge in [-0.1, -0.05) is 24.3 Å². The maximum absolute atomic E-state index is 9.20. The van der Waals surface area contributed by atoms with Gasteiger partial charge in [0.2, 0.25) is 0 Å². The summed E-state index contributed by atoms with van der Waals surface area (Å²) in [6.07, 6.45) is 2.26. The predicted molar refractivity (Wildman–Crippen MR) is 100 cm³/mol. The van der Waals surface area contributed by atoms with Gasteiger partial charge in [-0.05, 0) is 56.5 Å². The van der Waals surface area contributed by atoms with Crippen molar-refractivity contribution in [2.24, 2.45) is 5.92 Å². The van der Waals surface area contributed by atoms with Crippen LogP contribution in [0.1, 0.15) is 25.3 Å². The molecule has 3 aromatic rings. The molecule has 1 N–H and O–H groups in total. The van der Waals surface area contributed by atoms with Crippen LogP contribution in [0.3, 0.4) is 0 Å². The quantitative estimate of drug-likeness (QED) is 0.768. The summed E-state index contributed by atoms with van der Waals surface area (Å²) < 4.78 is 2.40. The summed E-state index contributed by atoms with van der Waals surface area (Å²) in [6.45, 7) is 4.52. The van der Waals surface area contributed by atoms with Crippen LogP contribution in [0.4, 0.5) is 0 Å². The number of hydrogen-bond acceptors (Lipinski definition) is 2. The number of para-hydroxylation sites is 1. The molecule has 1 fully saturated rings. The molecule has 3 heteroatoms. The molecule has 0 unspecified atom stereocenters. The van der Waals surface area contributed by atoms with Gasteiger partial charge in [-0.2, -0.15) is 0 Å². The van der Waals surface area contributed by atoms with Crippen LogP contribution in [0.25, 0.3) is 21.8 Å². The van der Waals surface area contributed by atoms with E-state index >= 15 is 0 Å². The van der Waals surface area contributed by atoms with E-state index < -0.39 is 0 Å². The Balaban J connectivity index is 1.65. The van der Waals surface area contributed by atoms with Crippen molar-refractivity contribution in [3.8, 4) is 0 Å². The topological polar surface area (TPSA) is 28.4 Å². The van der Waals surface area contributed by atoms with E-state index in [0.717, 1.165) is 25.9 Å². The highest BCUT2D eigenvalue weighted by Gasteiger charge is 2.31. The van der Waals surface area contributed by atoms with Crippen LogP contribution in [0, 0.1) is 5.92 Å². The van der Waals surface area contributed by atoms with Gasteiger partial charge in [0.15, 0.2) is 0 Å². The first-order chi connectivity index (χ1) is 11.7. The molecule has 0 radical (unpaired) electrons. The molecule has 1 saturated carbocycles. The highest BCUT2D eigenvalue weighted by atomic mass is 16.3. The van der Waals surface area contributed by atoms with Crippen LogP contribution >= 0.6 is 0 Å². The van der Waals surface area contributed by atoms with Crippen molar-refractivity contribution in [3.63, 3.8) is 0 Å². The van der Waals surface area contributed by atoms with E-state index in [1.54, 1.807) is 0 Å². The molecule has 24 heavy (non-hydrogen) atoms. The molecule has 1 aromatic heterocycles. The van der Waals surface area contributed by atoms with E-state index in [4.69, 9.17) is 0 Å². The van der Waals surface area contributed by atoms with Crippen molar-refractivity contribution in [1.29, 1.82) is 0 Å². The molecule has 0 bridgehead atoms. The highest BCUT2D eigenvalue weighted by Crippen LogP contribution is 2.33. The molecule has 0 amide bonds. The smallest absolute Gasteiger partial charge is 0.0491 e. The van der Waals surface area contributed by atoms with E-state index in [-0.39, 0.29) is 0 Å². The third kappa shape index (κ3) is 2.52. The summed E-state index contributed by atoms with van der Waals surface area (Å²) in [5, 5.41) is 11.9. The Morgan fingerprint density at radius 3 is 2.58 bits per heavy atom. The monoisotopic (exact) mass is 322 g/mol. The van der Waals surface area contributed by atoms with Crippen LogP contribution in [0.15, 0.2) is 42.5 Å². The lowest BCUT2D eigenvalue weighted by molar-refractivity contribution is 0.0567. The second kappa shape index (κ2) is 6.23. The molecule has 3 nitrogen and oxygen atoms in total. The lowest BCUT2D eigenvalue weighted by Crippen LogP contribution is -2.43. The van der Waals surface area contributed by atoms with Gasteiger partial charge in [-0.3, -0.25) is 4.90 Å². The number of aromatic nitrogens is 1. The Labute approximate surface area is 143 Å². The van der Waals surface area contributed by atoms with E-state index in [0.29, 0.717) is 18.6 Å². The second-order valence-electron chi connectivity index (χ2n) is 7.20. The van der Waals surface area contributed by atoms with E-state index in [2.05, 4.69) is 65.9 Å². The summed E-state index contributed by atoms with van der Waals surface area (Å²) in [6, 6.07) is 16.2. The number of fused-ring (bicyclic) bond motifs is 3. The fraction of sp³-hybridized carbons (Fsp3) is 0.429. The number of aryl methyl sites for hydroxylation is 1. The molecule has 2 aromatic carbocycles. The molecule has 0 saturated heterocycles. The number of benzene rings is 2. The summed E-state index contributed by atoms with van der Waals surface area (Å²) in [7, 11) is 2.21. The van der Waals surface area contributed by atoms with Crippen LogP contribution < -0.4 is 0 Å². The zero-order valence-corrected chi connectivity index (χ0v) is 14.6. The van der Waals surface area contributed by atoms with Crippen LogP contribution in [0.2, 0.25) is 0 Å². The standard InChI is InChI=1S/C21H26N2O/c1-3-23-20-7-5-4-6-18(20)19-12-15(8-9-21(19)23)13-22(2)17-10-16(11-17)14-24/h4-9,12,16-17,24H,3,10-11,13-14H2,1-2H3. The van der Waals surface area contributed by atoms with E-state index in [1.807, 2.05) is 0 Å². The van der Waals surface area contributed by atoms with E-state index in [1.165, 1.54) is 27.4 Å². The number of aliphatic hydroxyl groups is 1. The molecule has 126 valence electrons. The van der Waals surface area contributed by atoms with Crippen LogP contribution in [0.5, 0.6) is 0 Å². The number of hydrogen-bond donors (Lipinski definition) is 1. The third-order valence-corrected chi connectivity index (χ3v) is 5.68. The first kappa shape index (κ1) is 15.7. The Kier molecular flexibility index (Phi) is 4.07. The van der Waals surface area contributed by atoms with Gasteiger partial charge in [0.25, 0.3) is 0 Å². The molecule has 0 spiro atoms. The summed E-state index contributed by atoms with van der Waals surface area (Å²) in [4.78, 5) is 2.44. The van der Waals surface area contributed by atoms with Gasteiger partial charge in [0, 0.05) is 47.5 Å². The lowest BCUT2D eigenvalue weighted by Gasteiger charge is -2.40. The number of nitrogens with zero attached hydrogens (tertiary/aromatic N) is 2. The molecule has 0 atom stereocenters. The molecule has 1 aliphatic rings. The minimum absolute atomic E-state index is 0.340. The zero-order valence-electron chi connectivity index (χ0n) is 14.6. The highest BCUT2D eigenvalue weighted by molar-refractivity contribution is 6.08. The maximum atomic E-state index is 9.20. The molecular weight excluding hydrogens is 296 g/mol. The molecular formula is C21H26N2O. The van der Waals surface area contributed by atoms with Gasteiger partial charge >= 0.3 is 0 Å². The van der Waals surface area contributed by atoms with Gasteiger partial charge in [0.1, 0.15) is 0 Å². The first-order valence-corrected chi connectivity index (χ1v) is 9.02. The zero-order chi connectivity index (χ0) is 16.7. The number of rotatable bonds is 5. The summed E-state index contributed by atoms with van der Waals surface area (Å²) in [5.41, 5.74) is 4.02. The lowest BCUT2D eigenvalue weighted by atomic mass is 9.80. The average molecular weight is 322 g/mol. The molecule has 4 rings (SSSR count). The first-order valence-electron chi connectivity index (χ1n) is 9.02. The van der Waals surface area contributed by atoms with Gasteiger partial charge < -0.3 is 9.67 Å². The molecule has 1 heterocycles. The summed E-state index contributed by atoms with van der Waals surface area (Å²) in [5.74, 6) is 0.516. The SMILES string of the molecule is CCn1c2ccccc2c2cc(CN(C)C3CC(CO)C3)ccc21. The molecule has 1 aliphatic carbocycles. The van der Waals surface area contributed by atoms with Gasteiger partial charge in [-0.25, -0.2) is 0 Å². The normalized spacial score (nSPS) is 20.8. The average Bonchev–Trinajstić information content (AvgIpc) is 2.87. The van der Waals surface area contributed by atoms with Gasteiger partial charge in [0.05, 0.1) is 0 Å². The predicted octanol–water partition coefficient (Wildman–Crippen LogP) is 4.02. The fourth-order valence-corrected chi connectivity index (χ4v) is 4.17. The Morgan fingerprint density at radius 1 is 1.08 bits per heavy atom. The van der Waals surface area contributed by atoms with Crippen molar-refractivity contribution in [1.82, 2.24) is 9.47 Å². The van der Waals surface area contributed by atoms with Crippen LogP contribution in [-0.2, 0) is 13.1 Å². The van der Waals surface area contributed by atoms with Crippen molar-refractivity contribution in [2.75, 3.05) is 13.7 Å². The molecule has 0 aliphatic heterocycles. The minimum Gasteiger partial charge on any atom is -0.396 e. The fourth-order valence-electron chi connectivity index (χ4n) is 4.17.